The van der Waals surface area contributed by atoms with Crippen molar-refractivity contribution in [1.29, 1.82) is 0 Å². The van der Waals surface area contributed by atoms with Crippen LogP contribution in [0.5, 0.6) is 0 Å². The Labute approximate surface area is 95.5 Å². The first kappa shape index (κ1) is 13.9. The molecule has 3 heteroatoms. The van der Waals surface area contributed by atoms with E-state index in [1.807, 2.05) is 0 Å². The average Bonchev–Trinajstić information content (AvgIpc) is 2.20. The molecule has 0 spiro atoms. The number of hydrogen-bond acceptors (Lipinski definition) is 2. The first-order valence-electron chi connectivity index (χ1n) is 5.52. The number of rotatable bonds is 9. The van der Waals surface area contributed by atoms with Gasteiger partial charge in [0.05, 0.1) is 0 Å². The van der Waals surface area contributed by atoms with Crippen molar-refractivity contribution in [2.45, 2.75) is 51.9 Å². The van der Waals surface area contributed by atoms with Crippen LogP contribution in [-0.4, -0.2) is 17.9 Å². The van der Waals surface area contributed by atoms with Crippen molar-refractivity contribution in [3.8, 4) is 0 Å². The van der Waals surface area contributed by atoms with Crippen molar-refractivity contribution < 1.29 is 9.53 Å². The lowest BCUT2D eigenvalue weighted by atomic mass is 10.1. The predicted octanol–water partition coefficient (Wildman–Crippen LogP) is 3.68. The van der Waals surface area contributed by atoms with Gasteiger partial charge >= 0.3 is 5.97 Å². The van der Waals surface area contributed by atoms with Gasteiger partial charge in [0.2, 0.25) is 0 Å². The van der Waals surface area contributed by atoms with Gasteiger partial charge in [0.25, 0.3) is 0 Å². The fourth-order valence-electron chi connectivity index (χ4n) is 1.27. The van der Waals surface area contributed by atoms with Gasteiger partial charge in [-0.2, -0.15) is 0 Å². The minimum Gasteiger partial charge on any atom is -0.465 e. The molecule has 2 nitrogen and oxygen atoms in total. The summed E-state index contributed by atoms with van der Waals surface area (Å²) >= 11 is 3.21. The zero-order chi connectivity index (χ0) is 10.6. The molecule has 0 bridgehead atoms. The molecule has 0 heterocycles. The average molecular weight is 265 g/mol. The van der Waals surface area contributed by atoms with Crippen LogP contribution in [0, 0.1) is 0 Å². The molecule has 0 aromatic heterocycles. The molecule has 0 aromatic rings. The van der Waals surface area contributed by atoms with Gasteiger partial charge in [-0.05, 0) is 6.42 Å². The van der Waals surface area contributed by atoms with Crippen molar-refractivity contribution in [3.63, 3.8) is 0 Å². The van der Waals surface area contributed by atoms with E-state index < -0.39 is 0 Å². The Hall–Kier alpha value is -0.0500. The number of halogens is 1. The number of hydrogen-bond donors (Lipinski definition) is 0. The van der Waals surface area contributed by atoms with Gasteiger partial charge in [0.1, 0.15) is 6.61 Å². The number of carbonyl (C=O) groups excluding carboxylic acids is 1. The summed E-state index contributed by atoms with van der Waals surface area (Å²) < 4.78 is 4.93. The van der Waals surface area contributed by atoms with E-state index in [-0.39, 0.29) is 5.97 Å². The minimum absolute atomic E-state index is 0.0556. The van der Waals surface area contributed by atoms with E-state index in [1.165, 1.54) is 25.7 Å². The van der Waals surface area contributed by atoms with Crippen molar-refractivity contribution in [3.05, 3.63) is 0 Å². The van der Waals surface area contributed by atoms with E-state index in [4.69, 9.17) is 4.74 Å². The van der Waals surface area contributed by atoms with Crippen molar-refractivity contribution in [2.24, 2.45) is 0 Å². The van der Waals surface area contributed by atoms with E-state index in [0.29, 0.717) is 13.0 Å². The minimum atomic E-state index is -0.0556. The van der Waals surface area contributed by atoms with E-state index in [2.05, 4.69) is 22.9 Å². The molecule has 84 valence electrons. The zero-order valence-corrected chi connectivity index (χ0v) is 10.6. The Morgan fingerprint density at radius 1 is 1.14 bits per heavy atom. The topological polar surface area (TPSA) is 26.3 Å². The Morgan fingerprint density at radius 3 is 2.43 bits per heavy atom. The summed E-state index contributed by atoms with van der Waals surface area (Å²) in [7, 11) is 0. The van der Waals surface area contributed by atoms with Gasteiger partial charge in [-0.3, -0.25) is 4.79 Å². The number of unbranched alkanes of at least 4 members (excludes halogenated alkanes) is 5. The van der Waals surface area contributed by atoms with Gasteiger partial charge in [-0.25, -0.2) is 0 Å². The van der Waals surface area contributed by atoms with E-state index in [9.17, 15) is 4.79 Å². The fraction of sp³-hybridized carbons (Fsp3) is 0.909. The highest BCUT2D eigenvalue weighted by Gasteiger charge is 2.01. The van der Waals surface area contributed by atoms with E-state index in [1.54, 1.807) is 0 Å². The molecule has 0 aromatic carbocycles. The van der Waals surface area contributed by atoms with Crippen LogP contribution < -0.4 is 0 Å². The third-order valence-corrected chi connectivity index (χ3v) is 2.40. The van der Waals surface area contributed by atoms with Crippen LogP contribution in [0.2, 0.25) is 0 Å². The van der Waals surface area contributed by atoms with Crippen LogP contribution in [0.4, 0.5) is 0 Å². The Kier molecular flexibility index (Phi) is 11.0. The number of ether oxygens (including phenoxy) is 1. The lowest BCUT2D eigenvalue weighted by Crippen LogP contribution is -2.05. The third kappa shape index (κ3) is 10.0. The maximum atomic E-state index is 11.0. The van der Waals surface area contributed by atoms with E-state index >= 15 is 0 Å². The SMILES string of the molecule is CCCCCCCCC(=O)OCCBr. The molecule has 0 radical (unpaired) electrons. The highest BCUT2D eigenvalue weighted by atomic mass is 79.9. The van der Waals surface area contributed by atoms with Gasteiger partial charge < -0.3 is 4.74 Å². The molecule has 0 rings (SSSR count). The maximum absolute atomic E-state index is 11.0. The second kappa shape index (κ2) is 11.0. The summed E-state index contributed by atoms with van der Waals surface area (Å²) in [6, 6.07) is 0. The van der Waals surface area contributed by atoms with Crippen LogP contribution in [0.1, 0.15) is 51.9 Å². The molecule has 0 unspecified atom stereocenters. The summed E-state index contributed by atoms with van der Waals surface area (Å²) in [5.74, 6) is -0.0556. The largest absolute Gasteiger partial charge is 0.465 e. The van der Waals surface area contributed by atoms with Crippen LogP contribution >= 0.6 is 15.9 Å². The molecule has 0 saturated heterocycles. The van der Waals surface area contributed by atoms with E-state index in [0.717, 1.165) is 18.2 Å². The summed E-state index contributed by atoms with van der Waals surface area (Å²) in [5.41, 5.74) is 0. The lowest BCUT2D eigenvalue weighted by Gasteiger charge is -2.02. The number of esters is 1. The summed E-state index contributed by atoms with van der Waals surface area (Å²) in [6.07, 6.45) is 7.85. The van der Waals surface area contributed by atoms with Crippen LogP contribution in [0.3, 0.4) is 0 Å². The Balaban J connectivity index is 3.07. The molecule has 0 N–H and O–H groups in total. The van der Waals surface area contributed by atoms with Crippen LogP contribution in [0.15, 0.2) is 0 Å². The second-order valence-electron chi connectivity index (χ2n) is 3.43. The Morgan fingerprint density at radius 2 is 1.79 bits per heavy atom. The molecule has 0 aliphatic heterocycles. The molecule has 0 amide bonds. The lowest BCUT2D eigenvalue weighted by molar-refractivity contribution is -0.143. The highest BCUT2D eigenvalue weighted by Crippen LogP contribution is 2.07. The van der Waals surface area contributed by atoms with Crippen LogP contribution in [-0.2, 0) is 9.53 Å². The monoisotopic (exact) mass is 264 g/mol. The number of alkyl halides is 1. The number of carbonyl (C=O) groups is 1. The first-order valence-corrected chi connectivity index (χ1v) is 6.65. The maximum Gasteiger partial charge on any atom is 0.305 e. The predicted molar refractivity (Wildman–Crippen MR) is 62.7 cm³/mol. The third-order valence-electron chi connectivity index (χ3n) is 2.07. The molecule has 0 saturated carbocycles. The fourth-order valence-corrected chi connectivity index (χ4v) is 1.44. The first-order chi connectivity index (χ1) is 6.81. The normalized spacial score (nSPS) is 10.1. The van der Waals surface area contributed by atoms with Gasteiger partial charge in [-0.15, -0.1) is 0 Å². The van der Waals surface area contributed by atoms with Gasteiger partial charge in [0.15, 0.2) is 0 Å². The second-order valence-corrected chi connectivity index (χ2v) is 4.22. The smallest absolute Gasteiger partial charge is 0.305 e. The summed E-state index contributed by atoms with van der Waals surface area (Å²) in [4.78, 5) is 11.0. The molecule has 0 aliphatic carbocycles. The summed E-state index contributed by atoms with van der Waals surface area (Å²) in [6.45, 7) is 2.70. The van der Waals surface area contributed by atoms with Crippen molar-refractivity contribution in [2.75, 3.05) is 11.9 Å². The van der Waals surface area contributed by atoms with Crippen molar-refractivity contribution >= 4 is 21.9 Å². The highest BCUT2D eigenvalue weighted by molar-refractivity contribution is 9.09. The van der Waals surface area contributed by atoms with Gasteiger partial charge in [0, 0.05) is 11.8 Å². The van der Waals surface area contributed by atoms with Crippen LogP contribution in [0.25, 0.3) is 0 Å². The zero-order valence-electron chi connectivity index (χ0n) is 9.06. The molecule has 0 atom stereocenters. The molecule has 14 heavy (non-hydrogen) atoms. The quantitative estimate of drug-likeness (QED) is 0.361. The molecule has 0 aliphatic rings. The van der Waals surface area contributed by atoms with Gasteiger partial charge in [-0.1, -0.05) is 55.0 Å². The molecular weight excluding hydrogens is 244 g/mol. The van der Waals surface area contributed by atoms with Crippen molar-refractivity contribution in [1.82, 2.24) is 0 Å². The Bertz CT molecular complexity index is 137. The standard InChI is InChI=1S/C11H21BrO2/c1-2-3-4-5-6-7-8-11(13)14-10-9-12/h2-10H2,1H3. The molecule has 0 fully saturated rings. The molecular formula is C11H21BrO2. The summed E-state index contributed by atoms with van der Waals surface area (Å²) in [5, 5.41) is 0.731.